The standard InChI is InChI=1S/C19H16N2O4S/c1-4-5-21-18(24)13(17(23)20-19(21)26)8-12-9-25-14-7-10(2)6-11(3)15(14)16(12)22/h4,6-9H,1,5H2,2-3H3,(H,20,23,26). The van der Waals surface area contributed by atoms with Gasteiger partial charge in [-0.25, -0.2) is 0 Å². The molecule has 6 nitrogen and oxygen atoms in total. The Kier molecular flexibility index (Phi) is 4.56. The molecule has 7 heteroatoms. The molecule has 2 amide bonds. The number of fused-ring (bicyclic) bond motifs is 1. The summed E-state index contributed by atoms with van der Waals surface area (Å²) in [7, 11) is 0. The molecule has 2 heterocycles. The topological polar surface area (TPSA) is 79.6 Å². The number of carbonyl (C=O) groups is 2. The fourth-order valence-electron chi connectivity index (χ4n) is 2.88. The molecule has 0 unspecified atom stereocenters. The first-order valence-corrected chi connectivity index (χ1v) is 8.27. The Balaban J connectivity index is 2.14. The summed E-state index contributed by atoms with van der Waals surface area (Å²) in [6.07, 6.45) is 3.98. The number of rotatable bonds is 3. The van der Waals surface area contributed by atoms with Crippen molar-refractivity contribution in [2.45, 2.75) is 13.8 Å². The Bertz CT molecular complexity index is 1070. The van der Waals surface area contributed by atoms with Gasteiger partial charge in [-0.05, 0) is 49.3 Å². The van der Waals surface area contributed by atoms with Gasteiger partial charge in [0, 0.05) is 6.54 Å². The molecule has 0 bridgehead atoms. The fourth-order valence-corrected chi connectivity index (χ4v) is 3.13. The van der Waals surface area contributed by atoms with Crippen LogP contribution in [0.15, 0.2) is 45.8 Å². The zero-order valence-corrected chi connectivity index (χ0v) is 15.1. The summed E-state index contributed by atoms with van der Waals surface area (Å²) in [6.45, 7) is 7.44. The SMILES string of the molecule is C=CCN1C(=O)C(=Cc2coc3cc(C)cc(C)c3c2=O)C(=O)NC1=S. The van der Waals surface area contributed by atoms with Gasteiger partial charge in [0.2, 0.25) is 0 Å². The molecule has 1 N–H and O–H groups in total. The third kappa shape index (κ3) is 2.97. The van der Waals surface area contributed by atoms with Crippen LogP contribution in [0.3, 0.4) is 0 Å². The monoisotopic (exact) mass is 368 g/mol. The van der Waals surface area contributed by atoms with Crippen molar-refractivity contribution in [2.24, 2.45) is 0 Å². The molecule has 132 valence electrons. The van der Waals surface area contributed by atoms with E-state index in [1.165, 1.54) is 23.3 Å². The highest BCUT2D eigenvalue weighted by molar-refractivity contribution is 7.80. The average molecular weight is 368 g/mol. The third-order valence-electron chi connectivity index (χ3n) is 4.04. The molecule has 0 saturated carbocycles. The van der Waals surface area contributed by atoms with Gasteiger partial charge in [0.15, 0.2) is 10.5 Å². The van der Waals surface area contributed by atoms with Gasteiger partial charge < -0.3 is 4.42 Å². The van der Waals surface area contributed by atoms with E-state index in [9.17, 15) is 14.4 Å². The first-order chi connectivity index (χ1) is 12.3. The molecule has 1 saturated heterocycles. The van der Waals surface area contributed by atoms with Gasteiger partial charge in [-0.1, -0.05) is 12.1 Å². The van der Waals surface area contributed by atoms with Crippen molar-refractivity contribution in [2.75, 3.05) is 6.54 Å². The molecule has 1 aromatic carbocycles. The van der Waals surface area contributed by atoms with Crippen molar-refractivity contribution < 1.29 is 14.0 Å². The van der Waals surface area contributed by atoms with Crippen LogP contribution in [-0.2, 0) is 9.59 Å². The summed E-state index contributed by atoms with van der Waals surface area (Å²) in [5.74, 6) is -1.24. The molecule has 1 aromatic heterocycles. The second-order valence-electron chi connectivity index (χ2n) is 6.00. The Morgan fingerprint density at radius 2 is 2.00 bits per heavy atom. The predicted molar refractivity (Wildman–Crippen MR) is 103 cm³/mol. The van der Waals surface area contributed by atoms with Crippen LogP contribution in [-0.4, -0.2) is 28.4 Å². The van der Waals surface area contributed by atoms with E-state index in [2.05, 4.69) is 11.9 Å². The Morgan fingerprint density at radius 3 is 2.69 bits per heavy atom. The fraction of sp³-hybridized carbons (Fsp3) is 0.158. The first kappa shape index (κ1) is 17.8. The molecule has 1 aliphatic rings. The lowest BCUT2D eigenvalue weighted by molar-refractivity contribution is -0.128. The highest BCUT2D eigenvalue weighted by Gasteiger charge is 2.32. The van der Waals surface area contributed by atoms with Crippen LogP contribution in [0.2, 0.25) is 0 Å². The van der Waals surface area contributed by atoms with E-state index in [0.717, 1.165) is 11.1 Å². The number of amides is 2. The number of carbonyl (C=O) groups excluding carboxylic acids is 2. The number of aryl methyl sites for hydroxylation is 2. The number of hydrogen-bond donors (Lipinski definition) is 1. The van der Waals surface area contributed by atoms with Crippen molar-refractivity contribution >= 4 is 46.2 Å². The second kappa shape index (κ2) is 6.68. The largest absolute Gasteiger partial charge is 0.463 e. The van der Waals surface area contributed by atoms with E-state index in [0.29, 0.717) is 11.0 Å². The van der Waals surface area contributed by atoms with Crippen LogP contribution >= 0.6 is 12.2 Å². The smallest absolute Gasteiger partial charge is 0.265 e. The van der Waals surface area contributed by atoms with E-state index in [-0.39, 0.29) is 28.2 Å². The summed E-state index contributed by atoms with van der Waals surface area (Å²) in [4.78, 5) is 38.8. The highest BCUT2D eigenvalue weighted by Crippen LogP contribution is 2.20. The Labute approximate surface area is 154 Å². The lowest BCUT2D eigenvalue weighted by atomic mass is 10.0. The number of nitrogens with zero attached hydrogens (tertiary/aromatic N) is 1. The Hall–Kier alpha value is -3.06. The molecular weight excluding hydrogens is 352 g/mol. The number of hydrogen-bond acceptors (Lipinski definition) is 5. The zero-order valence-electron chi connectivity index (χ0n) is 14.3. The van der Waals surface area contributed by atoms with Crippen LogP contribution in [0.4, 0.5) is 0 Å². The van der Waals surface area contributed by atoms with E-state index in [4.69, 9.17) is 16.6 Å². The summed E-state index contributed by atoms with van der Waals surface area (Å²) in [5.41, 5.74) is 1.83. The molecule has 2 aromatic rings. The molecule has 0 aliphatic carbocycles. The molecular formula is C19H16N2O4S. The van der Waals surface area contributed by atoms with Crippen LogP contribution < -0.4 is 10.7 Å². The average Bonchev–Trinajstić information content (AvgIpc) is 2.56. The van der Waals surface area contributed by atoms with Gasteiger partial charge in [0.25, 0.3) is 11.8 Å². The minimum atomic E-state index is -0.652. The third-order valence-corrected chi connectivity index (χ3v) is 4.37. The molecule has 1 fully saturated rings. The van der Waals surface area contributed by atoms with Crippen LogP contribution in [0.25, 0.3) is 17.0 Å². The minimum Gasteiger partial charge on any atom is -0.463 e. The molecule has 0 spiro atoms. The van der Waals surface area contributed by atoms with Gasteiger partial charge >= 0.3 is 0 Å². The zero-order chi connectivity index (χ0) is 19.0. The van der Waals surface area contributed by atoms with E-state index in [1.807, 2.05) is 19.9 Å². The maximum atomic E-state index is 12.8. The van der Waals surface area contributed by atoms with Crippen LogP contribution in [0.5, 0.6) is 0 Å². The van der Waals surface area contributed by atoms with Gasteiger partial charge in [-0.3, -0.25) is 24.6 Å². The molecule has 26 heavy (non-hydrogen) atoms. The lowest BCUT2D eigenvalue weighted by Gasteiger charge is -2.27. The van der Waals surface area contributed by atoms with Crippen LogP contribution in [0, 0.1) is 13.8 Å². The molecule has 3 rings (SSSR count). The molecule has 0 radical (unpaired) electrons. The van der Waals surface area contributed by atoms with E-state index < -0.39 is 11.8 Å². The summed E-state index contributed by atoms with van der Waals surface area (Å²) in [5, 5.41) is 2.87. The maximum absolute atomic E-state index is 12.8. The van der Waals surface area contributed by atoms with Gasteiger partial charge in [0.1, 0.15) is 17.4 Å². The van der Waals surface area contributed by atoms with Gasteiger partial charge in [-0.2, -0.15) is 0 Å². The lowest BCUT2D eigenvalue weighted by Crippen LogP contribution is -2.53. The Morgan fingerprint density at radius 1 is 1.27 bits per heavy atom. The minimum absolute atomic E-state index is 0.00826. The van der Waals surface area contributed by atoms with Crippen molar-refractivity contribution in [1.82, 2.24) is 10.2 Å². The van der Waals surface area contributed by atoms with Crippen molar-refractivity contribution in [3.8, 4) is 0 Å². The summed E-state index contributed by atoms with van der Waals surface area (Å²) in [6, 6.07) is 3.64. The second-order valence-corrected chi connectivity index (χ2v) is 6.38. The number of thiocarbonyl (C=S) groups is 1. The highest BCUT2D eigenvalue weighted by atomic mass is 32.1. The maximum Gasteiger partial charge on any atom is 0.265 e. The predicted octanol–water partition coefficient (Wildman–Crippen LogP) is 2.22. The first-order valence-electron chi connectivity index (χ1n) is 7.86. The normalized spacial score (nSPS) is 16.3. The van der Waals surface area contributed by atoms with Crippen molar-refractivity contribution in [3.05, 3.63) is 63.5 Å². The van der Waals surface area contributed by atoms with Crippen molar-refractivity contribution in [3.63, 3.8) is 0 Å². The van der Waals surface area contributed by atoms with Crippen LogP contribution in [0.1, 0.15) is 16.7 Å². The van der Waals surface area contributed by atoms with Gasteiger partial charge in [0.05, 0.1) is 10.9 Å². The summed E-state index contributed by atoms with van der Waals surface area (Å²) >= 11 is 5.00. The quantitative estimate of drug-likeness (QED) is 0.389. The number of nitrogens with one attached hydrogen (secondary N) is 1. The molecule has 0 atom stereocenters. The van der Waals surface area contributed by atoms with E-state index >= 15 is 0 Å². The summed E-state index contributed by atoms with van der Waals surface area (Å²) < 4.78 is 5.55. The van der Waals surface area contributed by atoms with E-state index in [1.54, 1.807) is 6.07 Å². The number of benzene rings is 1. The van der Waals surface area contributed by atoms with Crippen molar-refractivity contribution in [1.29, 1.82) is 0 Å². The van der Waals surface area contributed by atoms with Gasteiger partial charge in [-0.15, -0.1) is 6.58 Å². The molecule has 1 aliphatic heterocycles.